The lowest BCUT2D eigenvalue weighted by atomic mass is 10.1. The Morgan fingerprint density at radius 3 is 1.98 bits per heavy atom. The molecule has 0 aliphatic heterocycles. The normalized spacial score (nSPS) is 13.2. The molecule has 1 amide bonds. The van der Waals surface area contributed by atoms with Gasteiger partial charge in [0.05, 0.1) is 12.2 Å². The summed E-state index contributed by atoms with van der Waals surface area (Å²) in [6, 6.07) is 18.3. The van der Waals surface area contributed by atoms with E-state index in [0.717, 1.165) is 9.87 Å². The maximum atomic E-state index is 13.1. The van der Waals surface area contributed by atoms with Crippen LogP contribution in [0.5, 0.6) is 11.5 Å². The zero-order valence-corrected chi connectivity index (χ0v) is 23.3. The van der Waals surface area contributed by atoms with E-state index in [2.05, 4.69) is 10.5 Å². The van der Waals surface area contributed by atoms with Crippen molar-refractivity contribution in [3.63, 3.8) is 0 Å². The van der Waals surface area contributed by atoms with Crippen molar-refractivity contribution in [3.05, 3.63) is 89.5 Å². The second-order valence-corrected chi connectivity index (χ2v) is 10.6. The highest BCUT2D eigenvalue weighted by molar-refractivity contribution is 7.80. The van der Waals surface area contributed by atoms with E-state index in [1.165, 1.54) is 0 Å². The SMILES string of the molecule is Cc1ccc(N(C(CNC(=O)c2ccc(Oc3ccc(C(N)=NO)cc3)cc2)C(=O)OC(C)(C)C)S(=O)O)cc1. The van der Waals surface area contributed by atoms with E-state index in [4.69, 9.17) is 20.4 Å². The summed E-state index contributed by atoms with van der Waals surface area (Å²) in [6.45, 7) is 6.63. The molecule has 0 aromatic heterocycles. The number of hydrogen-bond donors (Lipinski definition) is 4. The molecule has 2 atom stereocenters. The number of hydrogen-bond acceptors (Lipinski definition) is 7. The monoisotopic (exact) mass is 568 g/mol. The third-order valence-electron chi connectivity index (χ3n) is 5.48. The number of nitrogens with one attached hydrogen (secondary N) is 1. The van der Waals surface area contributed by atoms with E-state index in [-0.39, 0.29) is 17.9 Å². The zero-order chi connectivity index (χ0) is 29.4. The number of nitrogens with two attached hydrogens (primary N) is 1. The summed E-state index contributed by atoms with van der Waals surface area (Å²) < 4.78 is 34.7. The van der Waals surface area contributed by atoms with Crippen LogP contribution in [-0.4, -0.2) is 49.9 Å². The Bertz CT molecular complexity index is 1370. The quantitative estimate of drug-likeness (QED) is 0.0713. The Labute approximate surface area is 235 Å². The first-order valence-electron chi connectivity index (χ1n) is 12.2. The second-order valence-electron chi connectivity index (χ2n) is 9.79. The Kier molecular flexibility index (Phi) is 9.86. The zero-order valence-electron chi connectivity index (χ0n) is 22.5. The molecular weight excluding hydrogens is 536 g/mol. The third kappa shape index (κ3) is 8.29. The van der Waals surface area contributed by atoms with Gasteiger partial charge < -0.3 is 25.7 Å². The highest BCUT2D eigenvalue weighted by atomic mass is 32.2. The molecule has 40 heavy (non-hydrogen) atoms. The summed E-state index contributed by atoms with van der Waals surface area (Å²) in [7, 11) is 0. The van der Waals surface area contributed by atoms with Crippen LogP contribution in [-0.2, 0) is 20.8 Å². The van der Waals surface area contributed by atoms with Crippen LogP contribution >= 0.6 is 0 Å². The maximum absolute atomic E-state index is 13.1. The first-order valence-corrected chi connectivity index (χ1v) is 13.3. The van der Waals surface area contributed by atoms with E-state index < -0.39 is 34.8 Å². The Morgan fingerprint density at radius 2 is 1.50 bits per heavy atom. The molecule has 3 rings (SSSR count). The molecule has 5 N–H and O–H groups in total. The summed E-state index contributed by atoms with van der Waals surface area (Å²) in [5.41, 5.74) is 6.76. The average molecular weight is 569 g/mol. The third-order valence-corrected chi connectivity index (χ3v) is 6.29. The lowest BCUT2D eigenvalue weighted by Gasteiger charge is -2.31. The number of amides is 1. The smallest absolute Gasteiger partial charge is 0.332 e. The molecule has 0 aliphatic carbocycles. The lowest BCUT2D eigenvalue weighted by Crippen LogP contribution is -2.51. The lowest BCUT2D eigenvalue weighted by molar-refractivity contribution is -0.156. The summed E-state index contributed by atoms with van der Waals surface area (Å²) in [6.07, 6.45) is 0. The number of amidine groups is 1. The van der Waals surface area contributed by atoms with E-state index >= 15 is 0 Å². The van der Waals surface area contributed by atoms with Crippen molar-refractivity contribution in [2.24, 2.45) is 10.9 Å². The van der Waals surface area contributed by atoms with Crippen molar-refractivity contribution < 1.29 is 33.0 Å². The van der Waals surface area contributed by atoms with Crippen molar-refractivity contribution >= 4 is 34.7 Å². The number of carbonyl (C=O) groups is 2. The number of benzene rings is 3. The highest BCUT2D eigenvalue weighted by Crippen LogP contribution is 2.24. The molecular formula is C28H32N4O7S. The van der Waals surface area contributed by atoms with Gasteiger partial charge in [0.2, 0.25) is 0 Å². The van der Waals surface area contributed by atoms with Crippen LogP contribution < -0.4 is 20.1 Å². The summed E-state index contributed by atoms with van der Waals surface area (Å²) in [5.74, 6) is -0.336. The Balaban J connectivity index is 1.74. The minimum Gasteiger partial charge on any atom is -0.458 e. The number of oxime groups is 1. The van der Waals surface area contributed by atoms with Gasteiger partial charge in [-0.2, -0.15) is 0 Å². The van der Waals surface area contributed by atoms with Crippen molar-refractivity contribution in [2.75, 3.05) is 10.8 Å². The largest absolute Gasteiger partial charge is 0.458 e. The number of carbonyl (C=O) groups excluding carboxylic acids is 2. The molecule has 2 unspecified atom stereocenters. The van der Waals surface area contributed by atoms with Gasteiger partial charge in [0, 0.05) is 11.1 Å². The number of ether oxygens (including phenoxy) is 2. The van der Waals surface area contributed by atoms with Crippen LogP contribution in [0.3, 0.4) is 0 Å². The number of aryl methyl sites for hydroxylation is 1. The summed E-state index contributed by atoms with van der Waals surface area (Å²) in [5, 5.41) is 14.4. The van der Waals surface area contributed by atoms with Crippen molar-refractivity contribution in [2.45, 2.75) is 39.3 Å². The molecule has 0 spiro atoms. The highest BCUT2D eigenvalue weighted by Gasteiger charge is 2.34. The molecule has 12 heteroatoms. The van der Waals surface area contributed by atoms with Gasteiger partial charge in [0.15, 0.2) is 11.9 Å². The van der Waals surface area contributed by atoms with Gasteiger partial charge in [-0.05, 0) is 88.4 Å². The molecule has 3 aromatic carbocycles. The van der Waals surface area contributed by atoms with Gasteiger partial charge in [-0.25, -0.2) is 9.00 Å². The van der Waals surface area contributed by atoms with Crippen LogP contribution in [0.4, 0.5) is 5.69 Å². The van der Waals surface area contributed by atoms with Gasteiger partial charge >= 0.3 is 5.97 Å². The molecule has 0 bridgehead atoms. The number of rotatable bonds is 10. The van der Waals surface area contributed by atoms with Gasteiger partial charge in [0.1, 0.15) is 17.1 Å². The summed E-state index contributed by atoms with van der Waals surface area (Å²) >= 11 is -2.59. The number of anilines is 1. The Morgan fingerprint density at radius 1 is 0.975 bits per heavy atom. The van der Waals surface area contributed by atoms with Gasteiger partial charge in [-0.15, -0.1) is 0 Å². The predicted octanol–water partition coefficient (Wildman–Crippen LogP) is 3.97. The predicted molar refractivity (Wildman–Crippen MR) is 152 cm³/mol. The molecule has 212 valence electrons. The van der Waals surface area contributed by atoms with Crippen LogP contribution in [0, 0.1) is 6.92 Å². The first kappa shape index (κ1) is 30.1. The molecule has 0 aliphatic rings. The van der Waals surface area contributed by atoms with Crippen molar-refractivity contribution in [3.8, 4) is 11.5 Å². The van der Waals surface area contributed by atoms with Crippen LogP contribution in [0.15, 0.2) is 78.0 Å². The van der Waals surface area contributed by atoms with Crippen LogP contribution in [0.2, 0.25) is 0 Å². The number of nitrogens with zero attached hydrogens (tertiary/aromatic N) is 2. The first-order chi connectivity index (χ1) is 18.9. The fourth-order valence-electron chi connectivity index (χ4n) is 3.56. The minimum atomic E-state index is -2.59. The molecule has 0 saturated heterocycles. The molecule has 0 radical (unpaired) electrons. The molecule has 3 aromatic rings. The fraction of sp³-hybridized carbons (Fsp3) is 0.250. The van der Waals surface area contributed by atoms with Crippen LogP contribution in [0.1, 0.15) is 42.3 Å². The van der Waals surface area contributed by atoms with Crippen molar-refractivity contribution in [1.82, 2.24) is 5.32 Å². The fourth-order valence-corrected chi connectivity index (χ4v) is 4.24. The van der Waals surface area contributed by atoms with E-state index in [1.807, 2.05) is 6.92 Å². The van der Waals surface area contributed by atoms with Crippen LogP contribution in [0.25, 0.3) is 0 Å². The second kappa shape index (κ2) is 13.1. The van der Waals surface area contributed by atoms with E-state index in [0.29, 0.717) is 22.7 Å². The standard InChI is InChI=1S/C28H32N4O7S/c1-18-5-11-21(12-6-18)32(40(36)37)24(27(34)39-28(2,3)4)17-30-26(33)20-9-15-23(16-10-20)38-22-13-7-19(8-14-22)25(29)31-35/h5-16,24,35H,17H2,1-4H3,(H2,29,31)(H,30,33)(H,36,37). The summed E-state index contributed by atoms with van der Waals surface area (Å²) in [4.78, 5) is 26.0. The molecule has 0 fully saturated rings. The molecule has 0 heterocycles. The van der Waals surface area contributed by atoms with Gasteiger partial charge in [-0.3, -0.25) is 13.7 Å². The molecule has 0 saturated carbocycles. The maximum Gasteiger partial charge on any atom is 0.332 e. The Hall–Kier alpha value is -4.42. The average Bonchev–Trinajstić information content (AvgIpc) is 2.90. The molecule has 11 nitrogen and oxygen atoms in total. The minimum absolute atomic E-state index is 0.0250. The van der Waals surface area contributed by atoms with E-state index in [1.54, 1.807) is 93.6 Å². The van der Waals surface area contributed by atoms with Crippen molar-refractivity contribution in [1.29, 1.82) is 0 Å². The number of esters is 1. The topological polar surface area (TPSA) is 164 Å². The van der Waals surface area contributed by atoms with Gasteiger partial charge in [0.25, 0.3) is 17.2 Å². The van der Waals surface area contributed by atoms with E-state index in [9.17, 15) is 18.4 Å². The van der Waals surface area contributed by atoms with Gasteiger partial charge in [-0.1, -0.05) is 22.9 Å².